The first-order chi connectivity index (χ1) is 16.4. The molecule has 178 valence electrons. The van der Waals surface area contributed by atoms with E-state index in [9.17, 15) is 19.2 Å². The van der Waals surface area contributed by atoms with Gasteiger partial charge in [-0.1, -0.05) is 30.5 Å². The molecule has 1 saturated carbocycles. The molecule has 0 bridgehead atoms. The molecule has 4 amide bonds. The van der Waals surface area contributed by atoms with Gasteiger partial charge in [-0.2, -0.15) is 0 Å². The number of carbonyl (C=O) groups is 4. The first-order valence-electron chi connectivity index (χ1n) is 11.7. The molecule has 1 saturated heterocycles. The van der Waals surface area contributed by atoms with Crippen LogP contribution >= 0.6 is 0 Å². The fourth-order valence-corrected chi connectivity index (χ4v) is 4.61. The van der Waals surface area contributed by atoms with Crippen molar-refractivity contribution in [1.82, 2.24) is 4.90 Å². The minimum absolute atomic E-state index is 0.0476. The van der Waals surface area contributed by atoms with E-state index >= 15 is 0 Å². The number of anilines is 2. The molecule has 1 N–H and O–H groups in total. The third-order valence-corrected chi connectivity index (χ3v) is 6.32. The minimum atomic E-state index is -0.851. The lowest BCUT2D eigenvalue weighted by atomic mass is 10.1. The Morgan fingerprint density at radius 3 is 2.26 bits per heavy atom. The van der Waals surface area contributed by atoms with Crippen molar-refractivity contribution in [1.29, 1.82) is 0 Å². The number of aryl methyl sites for hydroxylation is 1. The summed E-state index contributed by atoms with van der Waals surface area (Å²) in [5, 5.41) is 2.78. The Bertz CT molecular complexity index is 1070. The van der Waals surface area contributed by atoms with Gasteiger partial charge in [-0.05, 0) is 63.1 Å². The van der Waals surface area contributed by atoms with Crippen LogP contribution in [-0.2, 0) is 14.3 Å². The summed E-state index contributed by atoms with van der Waals surface area (Å²) in [5.41, 5.74) is 2.43. The molecule has 4 rings (SSSR count). The second kappa shape index (κ2) is 10.1. The van der Waals surface area contributed by atoms with Crippen molar-refractivity contribution in [3.8, 4) is 0 Å². The maximum Gasteiger partial charge on any atom is 0.338 e. The molecule has 1 atom stereocenters. The standard InChI is InChI=1S/C26H29N3O5/c1-3-34-25(32)18-10-12-19(13-11-18)27-23(30)16-22-24(31)29(21-14-8-17(2)9-15-21)26(33)28(22)20-6-4-5-7-20/h8-15,20,22H,3-7,16H2,1-2H3,(H,27,30)/t22-/m0/s1. The molecule has 0 spiro atoms. The first-order valence-corrected chi connectivity index (χ1v) is 11.7. The maximum atomic E-state index is 13.4. The van der Waals surface area contributed by atoms with Crippen LogP contribution in [0.1, 0.15) is 54.9 Å². The molecule has 34 heavy (non-hydrogen) atoms. The highest BCUT2D eigenvalue weighted by atomic mass is 16.5. The first kappa shape index (κ1) is 23.5. The van der Waals surface area contributed by atoms with Gasteiger partial charge in [0.05, 0.1) is 24.3 Å². The zero-order chi connectivity index (χ0) is 24.2. The van der Waals surface area contributed by atoms with E-state index in [0.29, 0.717) is 16.9 Å². The predicted octanol–water partition coefficient (Wildman–Crippen LogP) is 4.28. The Balaban J connectivity index is 1.50. The van der Waals surface area contributed by atoms with E-state index in [2.05, 4.69) is 5.32 Å². The summed E-state index contributed by atoms with van der Waals surface area (Å²) in [5.74, 6) is -1.18. The lowest BCUT2D eigenvalue weighted by molar-refractivity contribution is -0.124. The van der Waals surface area contributed by atoms with E-state index < -0.39 is 12.0 Å². The highest BCUT2D eigenvalue weighted by molar-refractivity contribution is 6.22. The number of esters is 1. The fraction of sp³-hybridized carbons (Fsp3) is 0.385. The van der Waals surface area contributed by atoms with Gasteiger partial charge in [0.2, 0.25) is 5.91 Å². The van der Waals surface area contributed by atoms with E-state index in [1.165, 1.54) is 4.90 Å². The second-order valence-corrected chi connectivity index (χ2v) is 8.70. The van der Waals surface area contributed by atoms with Crippen LogP contribution in [0.5, 0.6) is 0 Å². The van der Waals surface area contributed by atoms with Gasteiger partial charge in [-0.3, -0.25) is 9.59 Å². The molecular weight excluding hydrogens is 434 g/mol. The smallest absolute Gasteiger partial charge is 0.338 e. The summed E-state index contributed by atoms with van der Waals surface area (Å²) in [4.78, 5) is 54.2. The third-order valence-electron chi connectivity index (χ3n) is 6.32. The molecule has 1 aliphatic heterocycles. The van der Waals surface area contributed by atoms with Crippen molar-refractivity contribution in [2.45, 2.75) is 58.0 Å². The highest BCUT2D eigenvalue weighted by Crippen LogP contribution is 2.34. The molecule has 1 heterocycles. The van der Waals surface area contributed by atoms with Crippen LogP contribution in [0.4, 0.5) is 16.2 Å². The summed E-state index contributed by atoms with van der Waals surface area (Å²) >= 11 is 0. The van der Waals surface area contributed by atoms with E-state index in [0.717, 1.165) is 31.2 Å². The van der Waals surface area contributed by atoms with Gasteiger partial charge in [-0.25, -0.2) is 14.5 Å². The SMILES string of the molecule is CCOC(=O)c1ccc(NC(=O)C[C@H]2C(=O)N(c3ccc(C)cc3)C(=O)N2C2CCCC2)cc1. The molecule has 2 aliphatic rings. The van der Waals surface area contributed by atoms with Gasteiger partial charge in [0.25, 0.3) is 5.91 Å². The number of nitrogens with one attached hydrogen (secondary N) is 1. The average molecular weight is 464 g/mol. The van der Waals surface area contributed by atoms with Crippen LogP contribution in [0.2, 0.25) is 0 Å². The van der Waals surface area contributed by atoms with Crippen molar-refractivity contribution in [2.75, 3.05) is 16.8 Å². The number of hydrogen-bond donors (Lipinski definition) is 1. The zero-order valence-corrected chi connectivity index (χ0v) is 19.5. The van der Waals surface area contributed by atoms with Gasteiger partial charge >= 0.3 is 12.0 Å². The number of imide groups is 1. The summed E-state index contributed by atoms with van der Waals surface area (Å²) in [6, 6.07) is 12.3. The molecular formula is C26H29N3O5. The summed E-state index contributed by atoms with van der Waals surface area (Å²) in [6.07, 6.45) is 3.52. The quantitative estimate of drug-likeness (QED) is 0.488. The average Bonchev–Trinajstić information content (AvgIpc) is 3.42. The van der Waals surface area contributed by atoms with Crippen molar-refractivity contribution in [2.24, 2.45) is 0 Å². The molecule has 0 unspecified atom stereocenters. The van der Waals surface area contributed by atoms with Gasteiger partial charge in [0.15, 0.2) is 0 Å². The monoisotopic (exact) mass is 463 g/mol. The Morgan fingerprint density at radius 2 is 1.65 bits per heavy atom. The number of hydrogen-bond acceptors (Lipinski definition) is 5. The van der Waals surface area contributed by atoms with Crippen molar-refractivity contribution < 1.29 is 23.9 Å². The normalized spacial score (nSPS) is 18.5. The van der Waals surface area contributed by atoms with E-state index in [1.54, 1.807) is 48.2 Å². The minimum Gasteiger partial charge on any atom is -0.462 e. The Hall–Kier alpha value is -3.68. The van der Waals surface area contributed by atoms with Crippen molar-refractivity contribution >= 4 is 35.2 Å². The van der Waals surface area contributed by atoms with Crippen LogP contribution < -0.4 is 10.2 Å². The van der Waals surface area contributed by atoms with Crippen LogP contribution in [-0.4, -0.2) is 47.4 Å². The van der Waals surface area contributed by atoms with E-state index in [-0.39, 0.29) is 36.9 Å². The Morgan fingerprint density at radius 1 is 1.00 bits per heavy atom. The van der Waals surface area contributed by atoms with Crippen molar-refractivity contribution in [3.63, 3.8) is 0 Å². The fourth-order valence-electron chi connectivity index (χ4n) is 4.61. The Kier molecular flexibility index (Phi) is 6.95. The third kappa shape index (κ3) is 4.81. The molecule has 2 fully saturated rings. The summed E-state index contributed by atoms with van der Waals surface area (Å²) in [6.45, 7) is 3.95. The summed E-state index contributed by atoms with van der Waals surface area (Å²) < 4.78 is 4.97. The number of urea groups is 1. The number of rotatable bonds is 7. The molecule has 2 aromatic rings. The summed E-state index contributed by atoms with van der Waals surface area (Å²) in [7, 11) is 0. The van der Waals surface area contributed by atoms with Crippen LogP contribution in [0.15, 0.2) is 48.5 Å². The van der Waals surface area contributed by atoms with E-state index in [4.69, 9.17) is 4.74 Å². The number of ether oxygens (including phenoxy) is 1. The van der Waals surface area contributed by atoms with Gasteiger partial charge in [-0.15, -0.1) is 0 Å². The van der Waals surface area contributed by atoms with Gasteiger partial charge in [0, 0.05) is 11.7 Å². The second-order valence-electron chi connectivity index (χ2n) is 8.70. The predicted molar refractivity (Wildman–Crippen MR) is 128 cm³/mol. The number of nitrogens with zero attached hydrogens (tertiary/aromatic N) is 2. The number of carbonyl (C=O) groups excluding carboxylic acids is 4. The number of amides is 4. The molecule has 1 aliphatic carbocycles. The van der Waals surface area contributed by atoms with E-state index in [1.807, 2.05) is 19.1 Å². The van der Waals surface area contributed by atoms with Gasteiger partial charge in [0.1, 0.15) is 6.04 Å². The Labute approximate surface area is 198 Å². The molecule has 8 nitrogen and oxygen atoms in total. The van der Waals surface area contributed by atoms with Crippen LogP contribution in [0.25, 0.3) is 0 Å². The maximum absolute atomic E-state index is 13.4. The zero-order valence-electron chi connectivity index (χ0n) is 19.5. The number of benzene rings is 2. The van der Waals surface area contributed by atoms with Gasteiger partial charge < -0.3 is 15.0 Å². The largest absolute Gasteiger partial charge is 0.462 e. The highest BCUT2D eigenvalue weighted by Gasteiger charge is 2.49. The lowest BCUT2D eigenvalue weighted by Crippen LogP contribution is -2.43. The molecule has 2 aromatic carbocycles. The molecule has 0 aromatic heterocycles. The topological polar surface area (TPSA) is 96.0 Å². The molecule has 8 heteroatoms. The molecule has 0 radical (unpaired) electrons. The van der Waals surface area contributed by atoms with Crippen LogP contribution in [0, 0.1) is 6.92 Å². The lowest BCUT2D eigenvalue weighted by Gasteiger charge is -2.27. The van der Waals surface area contributed by atoms with Crippen molar-refractivity contribution in [3.05, 3.63) is 59.7 Å². The van der Waals surface area contributed by atoms with Crippen LogP contribution in [0.3, 0.4) is 0 Å².